The minimum atomic E-state index is 0.292. The number of hydrogen-bond acceptors (Lipinski definition) is 1. The predicted octanol–water partition coefficient (Wildman–Crippen LogP) is 2.62. The van der Waals surface area contributed by atoms with Gasteiger partial charge in [-0.3, -0.25) is 4.98 Å². The van der Waals surface area contributed by atoms with Crippen molar-refractivity contribution in [2.24, 2.45) is 5.41 Å². The molecule has 0 aliphatic heterocycles. The van der Waals surface area contributed by atoms with Crippen molar-refractivity contribution >= 4 is 37.5 Å². The van der Waals surface area contributed by atoms with E-state index in [1.807, 2.05) is 0 Å². The monoisotopic (exact) mass is 327 g/mol. The van der Waals surface area contributed by atoms with Crippen LogP contribution in [0.15, 0.2) is 36.4 Å². The molecule has 1 heterocycles. The molecular weight excluding hydrogens is 300 g/mol. The highest BCUT2D eigenvalue weighted by molar-refractivity contribution is 6.52. The van der Waals surface area contributed by atoms with E-state index < -0.39 is 0 Å². The molecule has 126 valence electrons. The van der Waals surface area contributed by atoms with Gasteiger partial charge in [-0.2, -0.15) is 0 Å². The lowest BCUT2D eigenvalue weighted by Crippen LogP contribution is -2.30. The maximum absolute atomic E-state index is 4.96. The minimum absolute atomic E-state index is 0.292. The molecule has 0 aliphatic rings. The Bertz CT molecular complexity index is 932. The third-order valence-corrected chi connectivity index (χ3v) is 4.79. The zero-order valence-corrected chi connectivity index (χ0v) is 16.6. The van der Waals surface area contributed by atoms with E-state index in [2.05, 4.69) is 86.7 Å². The fraction of sp³-hybridized carbons (Fsp3) is 0.318. The number of fused-ring (bicyclic) bond motifs is 1. The lowest BCUT2D eigenvalue weighted by Gasteiger charge is -2.19. The minimum Gasteiger partial charge on any atom is -0.264 e. The summed E-state index contributed by atoms with van der Waals surface area (Å²) in [4.78, 5) is 4.96. The molecule has 1 aromatic heterocycles. The number of hydrogen-bond donors (Lipinski definition) is 0. The molecule has 0 amide bonds. The summed E-state index contributed by atoms with van der Waals surface area (Å²) < 4.78 is 0. The van der Waals surface area contributed by atoms with Gasteiger partial charge in [-0.1, -0.05) is 61.6 Å². The van der Waals surface area contributed by atoms with E-state index in [1.54, 1.807) is 0 Å². The van der Waals surface area contributed by atoms with Gasteiger partial charge in [0.25, 0.3) is 0 Å². The molecule has 0 N–H and O–H groups in total. The molecule has 1 nitrogen and oxygen atoms in total. The molecule has 25 heavy (non-hydrogen) atoms. The maximum atomic E-state index is 4.96. The summed E-state index contributed by atoms with van der Waals surface area (Å²) in [5.74, 6) is 0. The Labute approximate surface area is 153 Å². The first kappa shape index (κ1) is 17.8. The predicted molar refractivity (Wildman–Crippen MR) is 116 cm³/mol. The second-order valence-electron chi connectivity index (χ2n) is 8.66. The molecule has 3 rings (SSSR count). The SMILES string of the molecule is Bc1nc(-c2cc(C)cc(C)c2)c2ccc(CC(C)(C)C)cc2c1B. The smallest absolute Gasteiger partial charge is 0.163 e. The molecule has 2 aromatic carbocycles. The number of rotatable bonds is 2. The summed E-state index contributed by atoms with van der Waals surface area (Å²) >= 11 is 0. The van der Waals surface area contributed by atoms with E-state index in [1.165, 1.54) is 38.5 Å². The molecule has 0 atom stereocenters. The Morgan fingerprint density at radius 2 is 1.52 bits per heavy atom. The van der Waals surface area contributed by atoms with Crippen LogP contribution in [0.5, 0.6) is 0 Å². The van der Waals surface area contributed by atoms with Crippen LogP contribution in [0, 0.1) is 19.3 Å². The van der Waals surface area contributed by atoms with Gasteiger partial charge in [-0.25, -0.2) is 0 Å². The molecule has 0 saturated carbocycles. The molecule has 0 aliphatic carbocycles. The topological polar surface area (TPSA) is 12.9 Å². The zero-order chi connectivity index (χ0) is 18.4. The summed E-state index contributed by atoms with van der Waals surface area (Å²) in [6.07, 6.45) is 1.09. The van der Waals surface area contributed by atoms with Crippen LogP contribution in [0.1, 0.15) is 37.5 Å². The Hall–Kier alpha value is -2.02. The van der Waals surface area contributed by atoms with Crippen LogP contribution >= 0.6 is 0 Å². The molecule has 0 radical (unpaired) electrons. The van der Waals surface area contributed by atoms with Gasteiger partial charge in [0.05, 0.1) is 5.69 Å². The lowest BCUT2D eigenvalue weighted by atomic mass is 9.79. The van der Waals surface area contributed by atoms with Gasteiger partial charge in [-0.05, 0) is 54.4 Å². The highest BCUT2D eigenvalue weighted by Crippen LogP contribution is 2.29. The number of aromatic nitrogens is 1. The van der Waals surface area contributed by atoms with Crippen LogP contribution in [0.25, 0.3) is 22.0 Å². The van der Waals surface area contributed by atoms with Crippen molar-refractivity contribution in [3.63, 3.8) is 0 Å². The highest BCUT2D eigenvalue weighted by Gasteiger charge is 2.15. The standard InChI is InChI=1S/C22H27B2N/c1-13-8-14(2)10-16(9-13)20-17-7-6-15(12-22(3,4)5)11-18(17)19(23)21(24)25-20/h6-11H,12,23-24H2,1-5H3. The van der Waals surface area contributed by atoms with Gasteiger partial charge in [0, 0.05) is 10.9 Å². The second-order valence-corrected chi connectivity index (χ2v) is 8.66. The van der Waals surface area contributed by atoms with Crippen molar-refractivity contribution in [3.8, 4) is 11.3 Å². The third-order valence-electron chi connectivity index (χ3n) is 4.79. The number of aryl methyl sites for hydroxylation is 2. The number of pyridine rings is 1. The highest BCUT2D eigenvalue weighted by atomic mass is 14.7. The average Bonchev–Trinajstić information content (AvgIpc) is 2.48. The van der Waals surface area contributed by atoms with Crippen molar-refractivity contribution in [3.05, 3.63) is 53.1 Å². The average molecular weight is 327 g/mol. The maximum Gasteiger partial charge on any atom is 0.163 e. The normalized spacial score (nSPS) is 11.9. The van der Waals surface area contributed by atoms with E-state index >= 15 is 0 Å². The molecule has 0 spiro atoms. The summed E-state index contributed by atoms with van der Waals surface area (Å²) in [6.45, 7) is 11.2. The summed E-state index contributed by atoms with van der Waals surface area (Å²) in [6, 6.07) is 13.6. The third kappa shape index (κ3) is 3.81. The largest absolute Gasteiger partial charge is 0.264 e. The quantitative estimate of drug-likeness (QED) is 0.660. The molecule has 0 bridgehead atoms. The van der Waals surface area contributed by atoms with Crippen molar-refractivity contribution in [2.45, 2.75) is 41.0 Å². The second kappa shape index (κ2) is 6.37. The Morgan fingerprint density at radius 3 is 2.12 bits per heavy atom. The van der Waals surface area contributed by atoms with Crippen LogP contribution in [0.4, 0.5) is 0 Å². The zero-order valence-electron chi connectivity index (χ0n) is 16.6. The molecule has 0 saturated heterocycles. The van der Waals surface area contributed by atoms with Crippen molar-refractivity contribution in [2.75, 3.05) is 0 Å². The van der Waals surface area contributed by atoms with Gasteiger partial charge in [0.2, 0.25) is 0 Å². The fourth-order valence-corrected chi connectivity index (χ4v) is 3.67. The van der Waals surface area contributed by atoms with Gasteiger partial charge in [0.15, 0.2) is 7.85 Å². The molecule has 3 heteroatoms. The molecule has 0 unspecified atom stereocenters. The van der Waals surface area contributed by atoms with Crippen LogP contribution in [0.3, 0.4) is 0 Å². The van der Waals surface area contributed by atoms with Gasteiger partial charge in [-0.15, -0.1) is 0 Å². The summed E-state index contributed by atoms with van der Waals surface area (Å²) in [7, 11) is 4.31. The first-order valence-corrected chi connectivity index (χ1v) is 9.12. The Morgan fingerprint density at radius 1 is 0.880 bits per heavy atom. The summed E-state index contributed by atoms with van der Waals surface area (Å²) in [5.41, 5.74) is 9.00. The van der Waals surface area contributed by atoms with Gasteiger partial charge in [0.1, 0.15) is 7.85 Å². The first-order chi connectivity index (χ1) is 11.6. The Kier molecular flexibility index (Phi) is 4.53. The van der Waals surface area contributed by atoms with Gasteiger partial charge < -0.3 is 0 Å². The number of nitrogens with zero attached hydrogens (tertiary/aromatic N) is 1. The van der Waals surface area contributed by atoms with Crippen molar-refractivity contribution in [1.29, 1.82) is 0 Å². The van der Waals surface area contributed by atoms with Crippen molar-refractivity contribution < 1.29 is 0 Å². The van der Waals surface area contributed by atoms with Gasteiger partial charge >= 0.3 is 0 Å². The number of benzene rings is 2. The van der Waals surface area contributed by atoms with E-state index in [-0.39, 0.29) is 0 Å². The molecule has 0 fully saturated rings. The summed E-state index contributed by atoms with van der Waals surface area (Å²) in [5, 5.41) is 2.59. The van der Waals surface area contributed by atoms with E-state index in [0.717, 1.165) is 17.7 Å². The lowest BCUT2D eigenvalue weighted by molar-refractivity contribution is 0.411. The van der Waals surface area contributed by atoms with E-state index in [0.29, 0.717) is 5.41 Å². The van der Waals surface area contributed by atoms with Crippen LogP contribution < -0.4 is 11.1 Å². The van der Waals surface area contributed by atoms with Crippen LogP contribution in [-0.2, 0) is 6.42 Å². The fourth-order valence-electron chi connectivity index (χ4n) is 3.67. The van der Waals surface area contributed by atoms with E-state index in [4.69, 9.17) is 4.98 Å². The molecular formula is C22H27B2N. The van der Waals surface area contributed by atoms with Crippen molar-refractivity contribution in [1.82, 2.24) is 4.98 Å². The van der Waals surface area contributed by atoms with E-state index in [9.17, 15) is 0 Å². The van der Waals surface area contributed by atoms with Crippen LogP contribution in [0.2, 0.25) is 0 Å². The molecule has 3 aromatic rings. The van der Waals surface area contributed by atoms with Crippen LogP contribution in [-0.4, -0.2) is 20.7 Å². The first-order valence-electron chi connectivity index (χ1n) is 9.12. The Balaban J connectivity index is 2.25.